The van der Waals surface area contributed by atoms with Gasteiger partial charge in [0.1, 0.15) is 35.8 Å². The first-order valence-electron chi connectivity index (χ1n) is 13.8. The van der Waals surface area contributed by atoms with E-state index in [-0.39, 0.29) is 24.5 Å². The number of rotatable bonds is 7. The number of hydrogen-bond donors (Lipinski definition) is 2. The number of ether oxygens (including phenoxy) is 3. The van der Waals surface area contributed by atoms with Gasteiger partial charge in [-0.15, -0.1) is 0 Å². The van der Waals surface area contributed by atoms with Gasteiger partial charge in [0.25, 0.3) is 0 Å². The standard InChI is InChI=1S/C31H31ClN6O3/c1-31(2)40-26-24(39-30(27(26)41-31)38-14-13-22-28(33)35-17-36-29(22)38)11-6-18-3-7-20-8-12-25(37-23(20)15-18)34-16-19-4-9-21(32)10-5-19/h3-5,7-10,12-15,17,24,26-27,30H,6,11,16H2,1-2H3,(H,34,37)(H2,33,35,36)/t24-,26-,27-,30-/m1/s1. The number of benzene rings is 2. The smallest absolute Gasteiger partial charge is 0.164 e. The topological polar surface area (TPSA) is 109 Å². The van der Waals surface area contributed by atoms with Crippen LogP contribution in [0.15, 0.2) is 73.2 Å². The van der Waals surface area contributed by atoms with Crippen molar-refractivity contribution in [2.75, 3.05) is 11.1 Å². The molecule has 0 aliphatic carbocycles. The van der Waals surface area contributed by atoms with Gasteiger partial charge in [-0.1, -0.05) is 35.9 Å². The highest BCUT2D eigenvalue weighted by Crippen LogP contribution is 2.45. The Morgan fingerprint density at radius 2 is 1.76 bits per heavy atom. The molecule has 0 saturated carbocycles. The monoisotopic (exact) mass is 570 g/mol. The minimum Gasteiger partial charge on any atom is -0.383 e. The van der Waals surface area contributed by atoms with Crippen LogP contribution in [-0.4, -0.2) is 43.6 Å². The molecule has 5 aromatic rings. The molecule has 41 heavy (non-hydrogen) atoms. The maximum atomic E-state index is 6.60. The van der Waals surface area contributed by atoms with E-state index in [1.165, 1.54) is 11.9 Å². The number of fused-ring (bicyclic) bond motifs is 3. The van der Waals surface area contributed by atoms with Crippen LogP contribution < -0.4 is 11.1 Å². The van der Waals surface area contributed by atoms with E-state index < -0.39 is 5.79 Å². The molecule has 0 amide bonds. The molecule has 0 unspecified atom stereocenters. The first-order valence-corrected chi connectivity index (χ1v) is 14.2. The van der Waals surface area contributed by atoms with E-state index in [2.05, 4.69) is 39.6 Å². The lowest BCUT2D eigenvalue weighted by atomic mass is 10.0. The lowest BCUT2D eigenvalue weighted by Crippen LogP contribution is -2.29. The molecule has 7 rings (SSSR count). The maximum absolute atomic E-state index is 6.60. The van der Waals surface area contributed by atoms with Crippen LogP contribution in [0, 0.1) is 0 Å². The molecule has 3 N–H and O–H groups in total. The molecule has 0 radical (unpaired) electrons. The van der Waals surface area contributed by atoms with Crippen LogP contribution >= 0.6 is 11.6 Å². The van der Waals surface area contributed by atoms with E-state index in [1.54, 1.807) is 0 Å². The maximum Gasteiger partial charge on any atom is 0.164 e. The average Bonchev–Trinajstić information content (AvgIpc) is 3.62. The second kappa shape index (κ2) is 10.3. The van der Waals surface area contributed by atoms with E-state index in [4.69, 9.17) is 36.5 Å². The molecule has 3 aromatic heterocycles. The number of aromatic nitrogens is 4. The third-order valence-electron chi connectivity index (χ3n) is 7.80. The summed E-state index contributed by atoms with van der Waals surface area (Å²) in [7, 11) is 0. The minimum atomic E-state index is -0.700. The van der Waals surface area contributed by atoms with Crippen molar-refractivity contribution in [3.8, 4) is 0 Å². The summed E-state index contributed by atoms with van der Waals surface area (Å²) in [5.74, 6) is 0.572. The quantitative estimate of drug-likeness (QED) is 0.250. The largest absolute Gasteiger partial charge is 0.383 e. The number of aryl methyl sites for hydroxylation is 1. The van der Waals surface area contributed by atoms with Gasteiger partial charge < -0.3 is 29.8 Å². The van der Waals surface area contributed by atoms with E-state index in [0.29, 0.717) is 12.4 Å². The van der Waals surface area contributed by atoms with Gasteiger partial charge in [-0.3, -0.25) is 0 Å². The Labute approximate surface area is 242 Å². The first-order chi connectivity index (χ1) is 19.8. The normalized spacial score (nSPS) is 23.3. The van der Waals surface area contributed by atoms with Crippen LogP contribution in [0.25, 0.3) is 21.9 Å². The summed E-state index contributed by atoms with van der Waals surface area (Å²) in [6.07, 6.45) is 3.98. The summed E-state index contributed by atoms with van der Waals surface area (Å²) in [6.45, 7) is 4.56. The number of anilines is 2. The molecule has 9 nitrogen and oxygen atoms in total. The van der Waals surface area contributed by atoms with Crippen LogP contribution in [0.1, 0.15) is 37.6 Å². The molecule has 2 aromatic carbocycles. The van der Waals surface area contributed by atoms with E-state index >= 15 is 0 Å². The van der Waals surface area contributed by atoms with Crippen molar-refractivity contribution in [1.82, 2.24) is 19.5 Å². The fourth-order valence-corrected chi connectivity index (χ4v) is 5.96. The molecule has 0 bridgehead atoms. The van der Waals surface area contributed by atoms with Crippen LogP contribution in [-0.2, 0) is 27.2 Å². The average molecular weight is 571 g/mol. The molecule has 4 atom stereocenters. The molecule has 5 heterocycles. The van der Waals surface area contributed by atoms with Crippen LogP contribution in [0.5, 0.6) is 0 Å². The molecule has 210 valence electrons. The van der Waals surface area contributed by atoms with Gasteiger partial charge in [0.05, 0.1) is 17.0 Å². The van der Waals surface area contributed by atoms with Crippen molar-refractivity contribution < 1.29 is 14.2 Å². The Kier molecular flexibility index (Phi) is 6.54. The zero-order chi connectivity index (χ0) is 28.1. The van der Waals surface area contributed by atoms with Crippen molar-refractivity contribution in [2.45, 2.75) is 63.6 Å². The number of nitrogens with two attached hydrogens (primary N) is 1. The van der Waals surface area contributed by atoms with Gasteiger partial charge >= 0.3 is 0 Å². The number of nitrogens with one attached hydrogen (secondary N) is 1. The summed E-state index contributed by atoms with van der Waals surface area (Å²) in [4.78, 5) is 13.4. The van der Waals surface area contributed by atoms with Gasteiger partial charge in [0.15, 0.2) is 12.0 Å². The zero-order valence-electron chi connectivity index (χ0n) is 22.8. The summed E-state index contributed by atoms with van der Waals surface area (Å²) >= 11 is 6.01. The zero-order valence-corrected chi connectivity index (χ0v) is 23.6. The second-order valence-electron chi connectivity index (χ2n) is 11.1. The minimum absolute atomic E-state index is 0.153. The lowest BCUT2D eigenvalue weighted by Gasteiger charge is -2.25. The highest BCUT2D eigenvalue weighted by atomic mass is 35.5. The number of hydrogen-bond acceptors (Lipinski definition) is 8. The molecule has 2 aliphatic heterocycles. The first kappa shape index (κ1) is 26.2. The predicted octanol–water partition coefficient (Wildman–Crippen LogP) is 5.88. The summed E-state index contributed by atoms with van der Waals surface area (Å²) < 4.78 is 21.3. The number of halogens is 1. The van der Waals surface area contributed by atoms with Crippen molar-refractivity contribution in [3.63, 3.8) is 0 Å². The van der Waals surface area contributed by atoms with Gasteiger partial charge in [-0.2, -0.15) is 0 Å². The van der Waals surface area contributed by atoms with Crippen LogP contribution in [0.3, 0.4) is 0 Å². The van der Waals surface area contributed by atoms with E-state index in [0.717, 1.165) is 51.2 Å². The predicted molar refractivity (Wildman–Crippen MR) is 159 cm³/mol. The SMILES string of the molecule is CC1(C)O[C@@H]2[C@H](O1)[C@@H](CCc1ccc3ccc(NCc4ccc(Cl)cc4)nc3c1)O[C@H]2n1ccc2c(N)ncnc21. The molecule has 2 saturated heterocycles. The Bertz CT molecular complexity index is 1720. The highest BCUT2D eigenvalue weighted by Gasteiger charge is 2.55. The van der Waals surface area contributed by atoms with Crippen LogP contribution in [0.4, 0.5) is 11.6 Å². The fraction of sp³-hybridized carbons (Fsp3) is 0.323. The van der Waals surface area contributed by atoms with Crippen molar-refractivity contribution in [2.24, 2.45) is 0 Å². The molecule has 2 aliphatic rings. The lowest BCUT2D eigenvalue weighted by molar-refractivity contribution is -0.196. The third kappa shape index (κ3) is 5.10. The molecular weight excluding hydrogens is 540 g/mol. The van der Waals surface area contributed by atoms with Gasteiger partial charge in [-0.25, -0.2) is 15.0 Å². The Balaban J connectivity index is 1.08. The van der Waals surface area contributed by atoms with Crippen molar-refractivity contribution in [3.05, 3.63) is 89.3 Å². The third-order valence-corrected chi connectivity index (χ3v) is 8.05. The number of pyridine rings is 1. The van der Waals surface area contributed by atoms with Gasteiger partial charge in [0.2, 0.25) is 0 Å². The Morgan fingerprint density at radius 3 is 2.61 bits per heavy atom. The number of nitrogen functional groups attached to an aromatic ring is 1. The second-order valence-corrected chi connectivity index (χ2v) is 11.5. The van der Waals surface area contributed by atoms with Crippen molar-refractivity contribution in [1.29, 1.82) is 0 Å². The van der Waals surface area contributed by atoms with Crippen molar-refractivity contribution >= 4 is 45.2 Å². The highest BCUT2D eigenvalue weighted by molar-refractivity contribution is 6.30. The molecule has 2 fully saturated rings. The summed E-state index contributed by atoms with van der Waals surface area (Å²) in [5.41, 5.74) is 10.1. The van der Waals surface area contributed by atoms with Gasteiger partial charge in [0, 0.05) is 23.2 Å². The Morgan fingerprint density at radius 1 is 0.976 bits per heavy atom. The molecular formula is C31H31ClN6O3. The summed E-state index contributed by atoms with van der Waals surface area (Å²) in [5, 5.41) is 6.03. The molecule has 10 heteroatoms. The van der Waals surface area contributed by atoms with E-state index in [9.17, 15) is 0 Å². The Hall–Kier alpha value is -3.76. The van der Waals surface area contributed by atoms with E-state index in [1.807, 2.05) is 61.0 Å². The van der Waals surface area contributed by atoms with Gasteiger partial charge in [-0.05, 0) is 74.2 Å². The molecule has 0 spiro atoms. The number of nitrogens with zero attached hydrogens (tertiary/aromatic N) is 4. The fourth-order valence-electron chi connectivity index (χ4n) is 5.83. The summed E-state index contributed by atoms with van der Waals surface area (Å²) in [6, 6.07) is 20.3. The van der Waals surface area contributed by atoms with Crippen LogP contribution in [0.2, 0.25) is 5.02 Å².